The number of hydrogen-bond acceptors (Lipinski definition) is 5. The fourth-order valence-electron chi connectivity index (χ4n) is 2.60. The molecule has 1 N–H and O–H groups in total. The Hall–Kier alpha value is -2.60. The number of anilines is 1. The lowest BCUT2D eigenvalue weighted by Gasteiger charge is -2.24. The molecule has 2 atom stereocenters. The summed E-state index contributed by atoms with van der Waals surface area (Å²) in [6.45, 7) is 2.50. The molecule has 0 spiro atoms. The van der Waals surface area contributed by atoms with Crippen LogP contribution in [0.3, 0.4) is 0 Å². The topological polar surface area (TPSA) is 101 Å². The highest BCUT2D eigenvalue weighted by molar-refractivity contribution is 7.92. The normalized spacial score (nSPS) is 19.3. The molecule has 1 heterocycles. The molecule has 26 heavy (non-hydrogen) atoms. The van der Waals surface area contributed by atoms with Crippen molar-refractivity contribution in [3.05, 3.63) is 29.6 Å². The SMILES string of the molecule is CC#Cc1ccc(N2CC(CC(C)(C(=O)O)S(C)(=O)=O)OC2=O)c(F)c1. The Kier molecular flexibility index (Phi) is 5.28. The molecular formula is C17H18FNO6S. The van der Waals surface area contributed by atoms with Gasteiger partial charge in [-0.15, -0.1) is 5.92 Å². The zero-order valence-electron chi connectivity index (χ0n) is 14.4. The molecule has 140 valence electrons. The molecule has 7 nitrogen and oxygen atoms in total. The number of nitrogens with zero attached hydrogens (tertiary/aromatic N) is 1. The summed E-state index contributed by atoms with van der Waals surface area (Å²) in [5.41, 5.74) is 0.393. The van der Waals surface area contributed by atoms with E-state index < -0.39 is 45.0 Å². The van der Waals surface area contributed by atoms with Crippen LogP contribution in [0.15, 0.2) is 18.2 Å². The fraction of sp³-hybridized carbons (Fsp3) is 0.412. The summed E-state index contributed by atoms with van der Waals surface area (Å²) >= 11 is 0. The van der Waals surface area contributed by atoms with Crippen molar-refractivity contribution in [3.63, 3.8) is 0 Å². The van der Waals surface area contributed by atoms with E-state index in [1.165, 1.54) is 18.2 Å². The van der Waals surface area contributed by atoms with Crippen molar-refractivity contribution in [2.24, 2.45) is 0 Å². The molecule has 1 aliphatic heterocycles. The van der Waals surface area contributed by atoms with E-state index in [-0.39, 0.29) is 12.2 Å². The Balaban J connectivity index is 2.26. The number of rotatable bonds is 5. The van der Waals surface area contributed by atoms with Crippen LogP contribution in [-0.2, 0) is 19.4 Å². The van der Waals surface area contributed by atoms with Gasteiger partial charge in [-0.05, 0) is 32.0 Å². The lowest BCUT2D eigenvalue weighted by atomic mass is 10.0. The van der Waals surface area contributed by atoms with Crippen LogP contribution in [-0.4, -0.2) is 49.2 Å². The summed E-state index contributed by atoms with van der Waals surface area (Å²) in [6.07, 6.45) is -1.51. The first kappa shape index (κ1) is 19.7. The van der Waals surface area contributed by atoms with Crippen molar-refractivity contribution in [1.82, 2.24) is 0 Å². The quantitative estimate of drug-likeness (QED) is 0.778. The first-order valence-electron chi connectivity index (χ1n) is 7.63. The highest BCUT2D eigenvalue weighted by Crippen LogP contribution is 2.31. The summed E-state index contributed by atoms with van der Waals surface area (Å²) in [6, 6.07) is 4.07. The van der Waals surface area contributed by atoms with Gasteiger partial charge < -0.3 is 9.84 Å². The largest absolute Gasteiger partial charge is 0.480 e. The number of carboxylic acids is 1. The van der Waals surface area contributed by atoms with Gasteiger partial charge in [0.15, 0.2) is 14.6 Å². The summed E-state index contributed by atoms with van der Waals surface area (Å²) in [4.78, 5) is 24.5. The third kappa shape index (κ3) is 3.65. The number of hydrogen-bond donors (Lipinski definition) is 1. The summed E-state index contributed by atoms with van der Waals surface area (Å²) in [5.74, 6) is 3.09. The van der Waals surface area contributed by atoms with E-state index >= 15 is 0 Å². The first-order valence-corrected chi connectivity index (χ1v) is 9.52. The number of amides is 1. The Bertz CT molecular complexity index is 917. The van der Waals surface area contributed by atoms with Gasteiger partial charge in [0.25, 0.3) is 0 Å². The predicted octanol–water partition coefficient (Wildman–Crippen LogP) is 1.80. The van der Waals surface area contributed by atoms with Gasteiger partial charge in [-0.25, -0.2) is 17.6 Å². The molecule has 0 aromatic heterocycles. The zero-order chi connectivity index (χ0) is 19.7. The maximum atomic E-state index is 14.3. The van der Waals surface area contributed by atoms with Crippen LogP contribution < -0.4 is 4.90 Å². The Morgan fingerprint density at radius 3 is 2.65 bits per heavy atom. The van der Waals surface area contributed by atoms with Gasteiger partial charge in [-0.3, -0.25) is 9.69 Å². The molecule has 0 saturated carbocycles. The lowest BCUT2D eigenvalue weighted by molar-refractivity contribution is -0.140. The van der Waals surface area contributed by atoms with E-state index in [0.29, 0.717) is 5.56 Å². The summed E-state index contributed by atoms with van der Waals surface area (Å²) in [5, 5.41) is 9.30. The van der Waals surface area contributed by atoms with Gasteiger partial charge in [-0.2, -0.15) is 0 Å². The second-order valence-electron chi connectivity index (χ2n) is 6.17. The van der Waals surface area contributed by atoms with Gasteiger partial charge in [0, 0.05) is 18.2 Å². The van der Waals surface area contributed by atoms with Crippen LogP contribution >= 0.6 is 0 Å². The average Bonchev–Trinajstić information content (AvgIpc) is 2.86. The second-order valence-corrected chi connectivity index (χ2v) is 8.62. The smallest absolute Gasteiger partial charge is 0.414 e. The van der Waals surface area contributed by atoms with Crippen LogP contribution in [0.2, 0.25) is 0 Å². The van der Waals surface area contributed by atoms with Crippen molar-refractivity contribution in [3.8, 4) is 11.8 Å². The maximum absolute atomic E-state index is 14.3. The van der Waals surface area contributed by atoms with Crippen LogP contribution in [0.4, 0.5) is 14.9 Å². The van der Waals surface area contributed by atoms with E-state index in [9.17, 15) is 27.5 Å². The number of sulfone groups is 1. The molecule has 1 fully saturated rings. The number of cyclic esters (lactones) is 1. The van der Waals surface area contributed by atoms with Crippen LogP contribution in [0.25, 0.3) is 0 Å². The fourth-order valence-corrected chi connectivity index (χ4v) is 3.41. The molecule has 1 aliphatic rings. The van der Waals surface area contributed by atoms with Gasteiger partial charge in [0.2, 0.25) is 0 Å². The van der Waals surface area contributed by atoms with E-state index in [1.54, 1.807) is 6.92 Å². The third-order valence-electron chi connectivity index (χ3n) is 4.27. The van der Waals surface area contributed by atoms with E-state index in [4.69, 9.17) is 4.74 Å². The van der Waals surface area contributed by atoms with Crippen LogP contribution in [0, 0.1) is 17.7 Å². The molecule has 1 amide bonds. The molecule has 1 aromatic rings. The highest BCUT2D eigenvalue weighted by Gasteiger charge is 2.48. The van der Waals surface area contributed by atoms with Crippen molar-refractivity contribution >= 4 is 27.6 Å². The van der Waals surface area contributed by atoms with Gasteiger partial charge >= 0.3 is 12.1 Å². The first-order chi connectivity index (χ1) is 12.0. The maximum Gasteiger partial charge on any atom is 0.414 e. The van der Waals surface area contributed by atoms with Gasteiger partial charge in [0.05, 0.1) is 12.2 Å². The number of ether oxygens (including phenoxy) is 1. The molecule has 0 bridgehead atoms. The molecule has 2 unspecified atom stereocenters. The zero-order valence-corrected chi connectivity index (χ0v) is 15.3. The number of benzene rings is 1. The van der Waals surface area contributed by atoms with E-state index in [2.05, 4.69) is 11.8 Å². The minimum absolute atomic E-state index is 0.0458. The molecule has 1 saturated heterocycles. The van der Waals surface area contributed by atoms with Crippen LogP contribution in [0.5, 0.6) is 0 Å². The molecule has 0 aliphatic carbocycles. The van der Waals surface area contributed by atoms with Gasteiger partial charge in [-0.1, -0.05) is 5.92 Å². The predicted molar refractivity (Wildman–Crippen MR) is 92.1 cm³/mol. The minimum atomic E-state index is -3.97. The molecule has 1 aromatic carbocycles. The monoisotopic (exact) mass is 383 g/mol. The van der Waals surface area contributed by atoms with Crippen LogP contribution in [0.1, 0.15) is 25.8 Å². The summed E-state index contributed by atoms with van der Waals surface area (Å²) < 4.78 is 40.9. The minimum Gasteiger partial charge on any atom is -0.480 e. The Labute approximate surface area is 150 Å². The Morgan fingerprint density at radius 1 is 1.50 bits per heavy atom. The summed E-state index contributed by atoms with van der Waals surface area (Å²) in [7, 11) is -3.97. The third-order valence-corrected chi connectivity index (χ3v) is 6.25. The lowest BCUT2D eigenvalue weighted by Crippen LogP contribution is -2.46. The molecular weight excluding hydrogens is 365 g/mol. The van der Waals surface area contributed by atoms with E-state index in [1.807, 2.05) is 0 Å². The molecule has 9 heteroatoms. The molecule has 0 radical (unpaired) electrons. The average molecular weight is 383 g/mol. The number of carbonyl (C=O) groups excluding carboxylic acids is 1. The highest BCUT2D eigenvalue weighted by atomic mass is 32.2. The number of carboxylic acid groups (broad SMARTS) is 1. The van der Waals surface area contributed by atoms with Crippen molar-refractivity contribution in [2.75, 3.05) is 17.7 Å². The Morgan fingerprint density at radius 2 is 2.15 bits per heavy atom. The number of aliphatic carboxylic acids is 1. The number of carbonyl (C=O) groups is 2. The number of halogens is 1. The molecule has 2 rings (SSSR count). The standard InChI is InChI=1S/C17H18FNO6S/c1-4-5-11-6-7-14(13(18)8-11)19-10-12(25-16(19)22)9-17(2,15(20)21)26(3,23)24/h6-8,12H,9-10H2,1-3H3,(H,20,21). The van der Waals surface area contributed by atoms with Gasteiger partial charge in [0.1, 0.15) is 11.9 Å². The van der Waals surface area contributed by atoms with Crippen molar-refractivity contribution in [2.45, 2.75) is 31.1 Å². The second kappa shape index (κ2) is 6.96. The van der Waals surface area contributed by atoms with Crippen molar-refractivity contribution < 1.29 is 32.2 Å². The van der Waals surface area contributed by atoms with E-state index in [0.717, 1.165) is 18.1 Å². The van der Waals surface area contributed by atoms with Crippen molar-refractivity contribution in [1.29, 1.82) is 0 Å².